The minimum absolute atomic E-state index is 0.127. The van der Waals surface area contributed by atoms with Gasteiger partial charge in [0.15, 0.2) is 0 Å². The van der Waals surface area contributed by atoms with E-state index in [0.717, 1.165) is 12.8 Å². The lowest BCUT2D eigenvalue weighted by Crippen LogP contribution is -2.38. The molecule has 1 aromatic carbocycles. The lowest BCUT2D eigenvalue weighted by atomic mass is 9.76. The van der Waals surface area contributed by atoms with Crippen LogP contribution in [0.25, 0.3) is 0 Å². The summed E-state index contributed by atoms with van der Waals surface area (Å²) in [6.07, 6.45) is 6.01. The third kappa shape index (κ3) is 2.60. The van der Waals surface area contributed by atoms with Crippen molar-refractivity contribution in [3.05, 3.63) is 35.4 Å². The monoisotopic (exact) mass is 247 g/mol. The summed E-state index contributed by atoms with van der Waals surface area (Å²) >= 11 is 0. The zero-order chi connectivity index (χ0) is 13.2. The van der Waals surface area contributed by atoms with E-state index >= 15 is 0 Å². The molecular weight excluding hydrogens is 222 g/mol. The summed E-state index contributed by atoms with van der Waals surface area (Å²) < 4.78 is 5.56. The van der Waals surface area contributed by atoms with Crippen LogP contribution < -0.4 is 5.73 Å². The van der Waals surface area contributed by atoms with E-state index in [1.807, 2.05) is 0 Å². The number of benzene rings is 1. The highest BCUT2D eigenvalue weighted by Crippen LogP contribution is 2.36. The first-order valence-electron chi connectivity index (χ1n) is 6.93. The number of ether oxygens (including phenoxy) is 1. The van der Waals surface area contributed by atoms with Crippen molar-refractivity contribution in [3.63, 3.8) is 0 Å². The molecule has 2 N–H and O–H groups in total. The molecule has 1 aromatic rings. The van der Waals surface area contributed by atoms with Crippen molar-refractivity contribution >= 4 is 0 Å². The molecule has 0 aromatic heterocycles. The van der Waals surface area contributed by atoms with Crippen LogP contribution in [0.4, 0.5) is 0 Å². The molecule has 2 nitrogen and oxygen atoms in total. The smallest absolute Gasteiger partial charge is 0.0871 e. The number of methoxy groups -OCH3 is 1. The van der Waals surface area contributed by atoms with Gasteiger partial charge in [0.2, 0.25) is 0 Å². The Morgan fingerprint density at radius 3 is 2.44 bits per heavy atom. The molecule has 18 heavy (non-hydrogen) atoms. The van der Waals surface area contributed by atoms with Crippen molar-refractivity contribution in [2.24, 2.45) is 5.73 Å². The molecular formula is C16H25NO. The van der Waals surface area contributed by atoms with Gasteiger partial charge in [-0.1, -0.05) is 43.5 Å². The fraction of sp³-hybridized carbons (Fsp3) is 0.625. The molecule has 1 aliphatic carbocycles. The fourth-order valence-electron chi connectivity index (χ4n) is 2.79. The maximum Gasteiger partial charge on any atom is 0.0871 e. The Labute approximate surface area is 111 Å². The molecule has 0 heterocycles. The third-order valence-corrected chi connectivity index (χ3v) is 4.39. The Morgan fingerprint density at radius 2 is 1.83 bits per heavy atom. The Bertz CT molecular complexity index is 405. The van der Waals surface area contributed by atoms with Gasteiger partial charge in [0.1, 0.15) is 0 Å². The van der Waals surface area contributed by atoms with Gasteiger partial charge >= 0.3 is 0 Å². The molecule has 0 saturated heterocycles. The normalized spacial score (nSPS) is 19.8. The fourth-order valence-corrected chi connectivity index (χ4v) is 2.79. The maximum absolute atomic E-state index is 6.59. The van der Waals surface area contributed by atoms with Crippen LogP contribution in [-0.4, -0.2) is 7.11 Å². The van der Waals surface area contributed by atoms with Crippen molar-refractivity contribution in [2.45, 2.75) is 57.1 Å². The van der Waals surface area contributed by atoms with Gasteiger partial charge in [0.25, 0.3) is 0 Å². The molecule has 0 bridgehead atoms. The lowest BCUT2D eigenvalue weighted by Gasteiger charge is -2.35. The van der Waals surface area contributed by atoms with E-state index in [9.17, 15) is 0 Å². The molecule has 1 fully saturated rings. The molecule has 0 amide bonds. The highest BCUT2D eigenvalue weighted by molar-refractivity contribution is 5.32. The summed E-state index contributed by atoms with van der Waals surface area (Å²) in [5.74, 6) is 0. The Kier molecular flexibility index (Phi) is 3.79. The first-order valence-corrected chi connectivity index (χ1v) is 6.93. The minimum Gasteiger partial charge on any atom is -0.374 e. The molecule has 0 radical (unpaired) electrons. The summed E-state index contributed by atoms with van der Waals surface area (Å²) in [5.41, 5.74) is 8.69. The van der Waals surface area contributed by atoms with E-state index in [2.05, 4.69) is 38.1 Å². The maximum atomic E-state index is 6.59. The first-order chi connectivity index (χ1) is 8.48. The number of hydrogen-bond donors (Lipinski definition) is 1. The molecule has 100 valence electrons. The van der Waals surface area contributed by atoms with Crippen molar-refractivity contribution < 1.29 is 4.74 Å². The Morgan fingerprint density at radius 1 is 1.17 bits per heavy atom. The second-order valence-electron chi connectivity index (χ2n) is 6.01. The largest absolute Gasteiger partial charge is 0.374 e. The SMILES string of the molecule is COC(C)(C)c1cccc(C2(N)CCCCC2)c1. The molecule has 0 spiro atoms. The van der Waals surface area contributed by atoms with Gasteiger partial charge in [-0.25, -0.2) is 0 Å². The molecule has 2 rings (SSSR count). The van der Waals surface area contributed by atoms with Gasteiger partial charge in [0.05, 0.1) is 5.60 Å². The van der Waals surface area contributed by atoms with E-state index < -0.39 is 0 Å². The van der Waals surface area contributed by atoms with Crippen LogP contribution in [0.3, 0.4) is 0 Å². The van der Waals surface area contributed by atoms with Gasteiger partial charge in [-0.3, -0.25) is 0 Å². The van der Waals surface area contributed by atoms with Gasteiger partial charge in [-0.15, -0.1) is 0 Å². The van der Waals surface area contributed by atoms with Crippen LogP contribution in [0.15, 0.2) is 24.3 Å². The quantitative estimate of drug-likeness (QED) is 0.884. The molecule has 0 aliphatic heterocycles. The van der Waals surface area contributed by atoms with Gasteiger partial charge < -0.3 is 10.5 Å². The summed E-state index contributed by atoms with van der Waals surface area (Å²) in [6, 6.07) is 8.63. The zero-order valence-corrected chi connectivity index (χ0v) is 11.8. The average molecular weight is 247 g/mol. The van der Waals surface area contributed by atoms with Crippen LogP contribution in [-0.2, 0) is 15.9 Å². The van der Waals surface area contributed by atoms with Crippen molar-refractivity contribution in [1.82, 2.24) is 0 Å². The van der Waals surface area contributed by atoms with Gasteiger partial charge in [-0.2, -0.15) is 0 Å². The second-order valence-corrected chi connectivity index (χ2v) is 6.01. The van der Waals surface area contributed by atoms with E-state index in [1.54, 1.807) is 7.11 Å². The lowest BCUT2D eigenvalue weighted by molar-refractivity contribution is 0.0190. The first kappa shape index (κ1) is 13.6. The van der Waals surface area contributed by atoms with E-state index in [4.69, 9.17) is 10.5 Å². The molecule has 2 heteroatoms. The molecule has 0 atom stereocenters. The van der Waals surface area contributed by atoms with Crippen LogP contribution in [0.2, 0.25) is 0 Å². The number of rotatable bonds is 3. The average Bonchev–Trinajstić information content (AvgIpc) is 2.40. The standard InChI is InChI=1S/C16H25NO/c1-15(2,18-3)13-8-7-9-14(12-13)16(17)10-5-4-6-11-16/h7-9,12H,4-6,10-11,17H2,1-3H3. The van der Waals surface area contributed by atoms with E-state index in [1.165, 1.54) is 30.4 Å². The predicted octanol–water partition coefficient (Wildman–Crippen LogP) is 3.69. The van der Waals surface area contributed by atoms with Crippen LogP contribution in [0.5, 0.6) is 0 Å². The van der Waals surface area contributed by atoms with Gasteiger partial charge in [0, 0.05) is 12.6 Å². The molecule has 1 aliphatic rings. The summed E-state index contributed by atoms with van der Waals surface area (Å²) in [4.78, 5) is 0. The topological polar surface area (TPSA) is 35.2 Å². The van der Waals surface area contributed by atoms with Crippen LogP contribution in [0, 0.1) is 0 Å². The van der Waals surface area contributed by atoms with Gasteiger partial charge in [-0.05, 0) is 37.8 Å². The van der Waals surface area contributed by atoms with E-state index in [-0.39, 0.29) is 11.1 Å². The highest BCUT2D eigenvalue weighted by Gasteiger charge is 2.30. The van der Waals surface area contributed by atoms with Crippen LogP contribution in [0.1, 0.15) is 57.1 Å². The summed E-state index contributed by atoms with van der Waals surface area (Å²) in [6.45, 7) is 4.19. The third-order valence-electron chi connectivity index (χ3n) is 4.39. The number of hydrogen-bond acceptors (Lipinski definition) is 2. The predicted molar refractivity (Wildman–Crippen MR) is 75.4 cm³/mol. The Hall–Kier alpha value is -0.860. The summed E-state index contributed by atoms with van der Waals surface area (Å²) in [7, 11) is 1.76. The minimum atomic E-state index is -0.249. The number of nitrogens with two attached hydrogens (primary N) is 1. The zero-order valence-electron chi connectivity index (χ0n) is 11.8. The van der Waals surface area contributed by atoms with Crippen molar-refractivity contribution in [3.8, 4) is 0 Å². The van der Waals surface area contributed by atoms with E-state index in [0.29, 0.717) is 0 Å². The molecule has 1 saturated carbocycles. The highest BCUT2D eigenvalue weighted by atomic mass is 16.5. The van der Waals surface area contributed by atoms with Crippen molar-refractivity contribution in [2.75, 3.05) is 7.11 Å². The Balaban J connectivity index is 2.32. The summed E-state index contributed by atoms with van der Waals surface area (Å²) in [5, 5.41) is 0. The van der Waals surface area contributed by atoms with Crippen LogP contribution >= 0.6 is 0 Å². The second kappa shape index (κ2) is 5.02. The van der Waals surface area contributed by atoms with Crippen molar-refractivity contribution in [1.29, 1.82) is 0 Å². The molecule has 0 unspecified atom stereocenters.